The Hall–Kier alpha value is -2.64. The summed E-state index contributed by atoms with van der Waals surface area (Å²) in [6.45, 7) is 0. The van der Waals surface area contributed by atoms with Crippen molar-refractivity contribution in [1.82, 2.24) is 5.32 Å². The third-order valence-electron chi connectivity index (χ3n) is 2.78. The first-order valence-corrected chi connectivity index (χ1v) is 5.55. The fraction of sp³-hybridized carbons (Fsp3) is 0.273. The minimum Gasteiger partial charge on any atom is -0.505 e. The van der Waals surface area contributed by atoms with Gasteiger partial charge in [-0.05, 0) is 12.5 Å². The molecule has 8 nitrogen and oxygen atoms in total. The summed E-state index contributed by atoms with van der Waals surface area (Å²) in [6, 6.07) is 2.98. The van der Waals surface area contributed by atoms with Crippen LogP contribution in [0.1, 0.15) is 12.8 Å². The van der Waals surface area contributed by atoms with Crippen LogP contribution >= 0.6 is 0 Å². The highest BCUT2D eigenvalue weighted by molar-refractivity contribution is 6.01. The van der Waals surface area contributed by atoms with Gasteiger partial charge in [-0.25, -0.2) is 0 Å². The van der Waals surface area contributed by atoms with Crippen LogP contribution in [0, 0.1) is 10.1 Å². The minimum atomic E-state index is -0.730. The zero-order valence-corrected chi connectivity index (χ0v) is 9.75. The number of para-hydroxylation sites is 1. The summed E-state index contributed by atoms with van der Waals surface area (Å²) in [5.74, 6) is -1.23. The summed E-state index contributed by atoms with van der Waals surface area (Å²) in [6.07, 6.45) is 0.563. The molecule has 1 saturated heterocycles. The molecule has 8 heteroatoms. The van der Waals surface area contributed by atoms with E-state index in [-0.39, 0.29) is 18.0 Å². The van der Waals surface area contributed by atoms with Crippen LogP contribution in [-0.2, 0) is 9.59 Å². The van der Waals surface area contributed by atoms with Gasteiger partial charge in [0, 0.05) is 12.5 Å². The molecule has 1 atom stereocenters. The summed E-state index contributed by atoms with van der Waals surface area (Å²) in [7, 11) is 0. The maximum Gasteiger partial charge on any atom is 0.296 e. The molecule has 0 radical (unpaired) electrons. The second kappa shape index (κ2) is 4.92. The van der Waals surface area contributed by atoms with Crippen LogP contribution in [0.15, 0.2) is 18.2 Å². The summed E-state index contributed by atoms with van der Waals surface area (Å²) < 4.78 is 0. The van der Waals surface area contributed by atoms with E-state index in [0.29, 0.717) is 6.42 Å². The average molecular weight is 265 g/mol. The molecule has 2 amide bonds. The van der Waals surface area contributed by atoms with E-state index in [1.54, 1.807) is 0 Å². The van der Waals surface area contributed by atoms with Gasteiger partial charge in [0.25, 0.3) is 5.69 Å². The Morgan fingerprint density at radius 3 is 2.84 bits per heavy atom. The van der Waals surface area contributed by atoms with Crippen molar-refractivity contribution in [2.45, 2.75) is 18.9 Å². The summed E-state index contributed by atoms with van der Waals surface area (Å²) in [5.41, 5.74) is -0.670. The molecule has 0 saturated carbocycles. The monoisotopic (exact) mass is 265 g/mol. The van der Waals surface area contributed by atoms with Crippen molar-refractivity contribution in [2.24, 2.45) is 0 Å². The van der Waals surface area contributed by atoms with Crippen molar-refractivity contribution in [2.75, 3.05) is 5.32 Å². The number of phenolic OH excluding ortho intramolecular Hbond substituents is 1. The van der Waals surface area contributed by atoms with Crippen LogP contribution in [-0.4, -0.2) is 27.9 Å². The summed E-state index contributed by atoms with van der Waals surface area (Å²) in [4.78, 5) is 32.9. The summed E-state index contributed by atoms with van der Waals surface area (Å²) >= 11 is 0. The fourth-order valence-electron chi connectivity index (χ4n) is 1.83. The van der Waals surface area contributed by atoms with Gasteiger partial charge in [-0.15, -0.1) is 0 Å². The van der Waals surface area contributed by atoms with Crippen molar-refractivity contribution in [3.63, 3.8) is 0 Å². The number of nitrogens with one attached hydrogen (secondary N) is 2. The highest BCUT2D eigenvalue weighted by Crippen LogP contribution is 2.33. The third-order valence-corrected chi connectivity index (χ3v) is 2.78. The third kappa shape index (κ3) is 2.62. The first-order chi connectivity index (χ1) is 8.99. The number of nitrogens with zero attached hydrogens (tertiary/aromatic N) is 1. The second-order valence-corrected chi connectivity index (χ2v) is 4.08. The predicted molar refractivity (Wildman–Crippen MR) is 64.6 cm³/mol. The van der Waals surface area contributed by atoms with Gasteiger partial charge in [0.2, 0.25) is 11.8 Å². The smallest absolute Gasteiger partial charge is 0.296 e. The van der Waals surface area contributed by atoms with Gasteiger partial charge < -0.3 is 15.7 Å². The molecule has 1 aliphatic rings. The van der Waals surface area contributed by atoms with E-state index < -0.39 is 28.3 Å². The number of benzene rings is 1. The zero-order chi connectivity index (χ0) is 14.0. The average Bonchev–Trinajstić information content (AvgIpc) is 2.78. The SMILES string of the molecule is O=C1CC[C@H](C(=O)Nc2c(O)cccc2[N+](=O)[O-])N1. The molecular formula is C11H11N3O5. The number of nitro benzene ring substituents is 1. The molecule has 1 fully saturated rings. The van der Waals surface area contributed by atoms with E-state index in [2.05, 4.69) is 10.6 Å². The predicted octanol–water partition coefficient (Wildman–Crippen LogP) is 0.518. The van der Waals surface area contributed by atoms with Gasteiger partial charge in [0.1, 0.15) is 11.8 Å². The number of hydrogen-bond donors (Lipinski definition) is 3. The Labute approximate surface area is 107 Å². The number of carbonyl (C=O) groups excluding carboxylic acids is 2. The van der Waals surface area contributed by atoms with E-state index in [4.69, 9.17) is 0 Å². The maximum absolute atomic E-state index is 11.8. The Morgan fingerprint density at radius 1 is 1.53 bits per heavy atom. The molecule has 0 aromatic heterocycles. The lowest BCUT2D eigenvalue weighted by atomic mass is 10.2. The number of aromatic hydroxyl groups is 1. The van der Waals surface area contributed by atoms with Crippen LogP contribution in [0.4, 0.5) is 11.4 Å². The van der Waals surface area contributed by atoms with Crippen molar-refractivity contribution < 1.29 is 19.6 Å². The normalized spacial score (nSPS) is 17.9. The standard InChI is InChI=1S/C11H11N3O5/c15-8-3-1-2-7(14(18)19)10(8)13-11(17)6-4-5-9(16)12-6/h1-3,6,15H,4-5H2,(H,12,16)(H,13,17)/t6-/m1/s1. The minimum absolute atomic E-state index is 0.237. The first-order valence-electron chi connectivity index (χ1n) is 5.55. The lowest BCUT2D eigenvalue weighted by molar-refractivity contribution is -0.384. The molecule has 0 aliphatic carbocycles. The van der Waals surface area contributed by atoms with Crippen molar-refractivity contribution in [3.05, 3.63) is 28.3 Å². The largest absolute Gasteiger partial charge is 0.505 e. The Balaban J connectivity index is 2.21. The van der Waals surface area contributed by atoms with E-state index in [9.17, 15) is 24.8 Å². The lowest BCUT2D eigenvalue weighted by Crippen LogP contribution is -2.37. The van der Waals surface area contributed by atoms with Crippen molar-refractivity contribution in [3.8, 4) is 5.75 Å². The van der Waals surface area contributed by atoms with Crippen LogP contribution in [0.2, 0.25) is 0 Å². The van der Waals surface area contributed by atoms with Crippen molar-refractivity contribution >= 4 is 23.2 Å². The maximum atomic E-state index is 11.8. The first kappa shape index (κ1) is 12.8. The van der Waals surface area contributed by atoms with Crippen LogP contribution < -0.4 is 10.6 Å². The molecule has 100 valence electrons. The highest BCUT2D eigenvalue weighted by Gasteiger charge is 2.29. The van der Waals surface area contributed by atoms with Gasteiger partial charge in [-0.2, -0.15) is 0 Å². The van der Waals surface area contributed by atoms with Crippen LogP contribution in [0.3, 0.4) is 0 Å². The number of anilines is 1. The lowest BCUT2D eigenvalue weighted by Gasteiger charge is -2.11. The van der Waals surface area contributed by atoms with Gasteiger partial charge >= 0.3 is 0 Å². The van der Waals surface area contributed by atoms with Crippen LogP contribution in [0.5, 0.6) is 5.75 Å². The van der Waals surface area contributed by atoms with E-state index in [0.717, 1.165) is 0 Å². The van der Waals surface area contributed by atoms with E-state index in [1.807, 2.05) is 0 Å². The van der Waals surface area contributed by atoms with Gasteiger partial charge in [0.05, 0.1) is 4.92 Å². The Bertz CT molecular complexity index is 557. The Kier molecular flexibility index (Phi) is 3.32. The molecule has 1 heterocycles. The molecule has 1 aliphatic heterocycles. The molecule has 0 unspecified atom stereocenters. The number of carbonyl (C=O) groups is 2. The molecular weight excluding hydrogens is 254 g/mol. The van der Waals surface area contributed by atoms with Gasteiger partial charge in [-0.1, -0.05) is 6.07 Å². The fourth-order valence-corrected chi connectivity index (χ4v) is 1.83. The number of rotatable bonds is 3. The number of amides is 2. The number of phenols is 1. The second-order valence-electron chi connectivity index (χ2n) is 4.08. The van der Waals surface area contributed by atoms with Gasteiger partial charge in [0.15, 0.2) is 5.69 Å². The van der Waals surface area contributed by atoms with E-state index >= 15 is 0 Å². The van der Waals surface area contributed by atoms with Crippen molar-refractivity contribution in [1.29, 1.82) is 0 Å². The zero-order valence-electron chi connectivity index (χ0n) is 9.75. The molecule has 2 rings (SSSR count). The highest BCUT2D eigenvalue weighted by atomic mass is 16.6. The Morgan fingerprint density at radius 2 is 2.26 bits per heavy atom. The topological polar surface area (TPSA) is 122 Å². The summed E-state index contributed by atoms with van der Waals surface area (Å²) in [5, 5.41) is 25.1. The number of hydrogen-bond acceptors (Lipinski definition) is 5. The van der Waals surface area contributed by atoms with Crippen LogP contribution in [0.25, 0.3) is 0 Å². The molecule has 3 N–H and O–H groups in total. The van der Waals surface area contributed by atoms with E-state index in [1.165, 1.54) is 18.2 Å². The van der Waals surface area contributed by atoms with Gasteiger partial charge in [-0.3, -0.25) is 19.7 Å². The number of nitro groups is 1. The molecule has 1 aromatic carbocycles. The quantitative estimate of drug-likeness (QED) is 0.417. The molecule has 1 aromatic rings. The molecule has 0 bridgehead atoms. The molecule has 19 heavy (non-hydrogen) atoms. The molecule has 0 spiro atoms.